The van der Waals surface area contributed by atoms with Crippen LogP contribution in [0.2, 0.25) is 5.15 Å². The summed E-state index contributed by atoms with van der Waals surface area (Å²) >= 11 is 13.0. The summed E-state index contributed by atoms with van der Waals surface area (Å²) < 4.78 is 1.62. The predicted octanol–water partition coefficient (Wildman–Crippen LogP) is 5.01. The minimum absolute atomic E-state index is 0.125. The summed E-state index contributed by atoms with van der Waals surface area (Å²) in [4.78, 5) is 13.0. The van der Waals surface area contributed by atoms with Gasteiger partial charge in [0.1, 0.15) is 5.15 Å². The summed E-state index contributed by atoms with van der Waals surface area (Å²) in [6.45, 7) is 6.25. The fraction of sp³-hybridized carbons (Fsp3) is 0.308. The molecule has 2 aromatic rings. The molecule has 2 aromatic heterocycles. The van der Waals surface area contributed by atoms with Crippen LogP contribution in [0.25, 0.3) is 11.4 Å². The van der Waals surface area contributed by atoms with Crippen LogP contribution >= 0.6 is 43.5 Å². The SMILES string of the molecule is CC(C)(C)c1nc(-c2cncc(Br)c2)nc(Cl)c1Br. The van der Waals surface area contributed by atoms with Crippen molar-refractivity contribution in [2.45, 2.75) is 26.2 Å². The molecule has 0 saturated carbocycles. The van der Waals surface area contributed by atoms with Crippen LogP contribution in [0.5, 0.6) is 0 Å². The van der Waals surface area contributed by atoms with Gasteiger partial charge in [-0.3, -0.25) is 4.98 Å². The highest BCUT2D eigenvalue weighted by atomic mass is 79.9. The van der Waals surface area contributed by atoms with Crippen LogP contribution in [0.3, 0.4) is 0 Å². The van der Waals surface area contributed by atoms with E-state index in [1.54, 1.807) is 12.4 Å². The number of hydrogen-bond acceptors (Lipinski definition) is 3. The molecular formula is C13H12Br2ClN3. The molecule has 100 valence electrons. The van der Waals surface area contributed by atoms with E-state index in [0.29, 0.717) is 11.0 Å². The standard InChI is InChI=1S/C13H12Br2ClN3/c1-13(2,3)10-9(15)11(16)19-12(18-10)7-4-8(14)6-17-5-7/h4-6H,1-3H3. The fourth-order valence-corrected chi connectivity index (χ4v) is 2.89. The lowest BCUT2D eigenvalue weighted by Crippen LogP contribution is -2.16. The van der Waals surface area contributed by atoms with Crippen LogP contribution in [0.15, 0.2) is 27.4 Å². The van der Waals surface area contributed by atoms with Gasteiger partial charge in [-0.15, -0.1) is 0 Å². The monoisotopic (exact) mass is 403 g/mol. The summed E-state index contributed by atoms with van der Waals surface area (Å²) in [5, 5.41) is 0.412. The van der Waals surface area contributed by atoms with Crippen molar-refractivity contribution >= 4 is 43.5 Å². The van der Waals surface area contributed by atoms with E-state index >= 15 is 0 Å². The van der Waals surface area contributed by atoms with Gasteiger partial charge in [-0.1, -0.05) is 32.4 Å². The molecule has 0 saturated heterocycles. The molecule has 0 atom stereocenters. The molecule has 2 rings (SSSR count). The highest BCUT2D eigenvalue weighted by Crippen LogP contribution is 2.34. The van der Waals surface area contributed by atoms with Gasteiger partial charge in [0.2, 0.25) is 0 Å². The molecule has 0 fully saturated rings. The Labute approximate surface area is 134 Å². The normalized spacial score (nSPS) is 11.7. The van der Waals surface area contributed by atoms with Crippen LogP contribution < -0.4 is 0 Å². The molecule has 6 heteroatoms. The third-order valence-electron chi connectivity index (χ3n) is 2.48. The fourth-order valence-electron chi connectivity index (χ4n) is 1.58. The molecule has 0 unspecified atom stereocenters. The molecule has 0 N–H and O–H groups in total. The predicted molar refractivity (Wildman–Crippen MR) is 84.4 cm³/mol. The first kappa shape index (κ1) is 14.9. The summed E-state index contributed by atoms with van der Waals surface area (Å²) in [6, 6.07) is 1.92. The lowest BCUT2D eigenvalue weighted by molar-refractivity contribution is 0.564. The van der Waals surface area contributed by atoms with Gasteiger partial charge in [0.25, 0.3) is 0 Å². The van der Waals surface area contributed by atoms with Crippen LogP contribution in [0, 0.1) is 0 Å². The molecule has 3 nitrogen and oxygen atoms in total. The second kappa shape index (κ2) is 5.46. The first-order valence-electron chi connectivity index (χ1n) is 5.63. The Balaban J connectivity index is 2.63. The minimum Gasteiger partial charge on any atom is -0.263 e. The zero-order valence-corrected chi connectivity index (χ0v) is 14.6. The first-order valence-corrected chi connectivity index (χ1v) is 7.60. The topological polar surface area (TPSA) is 38.7 Å². The van der Waals surface area contributed by atoms with E-state index in [4.69, 9.17) is 11.6 Å². The average Bonchev–Trinajstić information content (AvgIpc) is 2.31. The Kier molecular flexibility index (Phi) is 4.28. The van der Waals surface area contributed by atoms with Gasteiger partial charge >= 0.3 is 0 Å². The quantitative estimate of drug-likeness (QED) is 0.626. The molecule has 0 aliphatic heterocycles. The Hall–Kier alpha value is -0.520. The summed E-state index contributed by atoms with van der Waals surface area (Å²) in [6.07, 6.45) is 3.44. The smallest absolute Gasteiger partial charge is 0.162 e. The van der Waals surface area contributed by atoms with Crippen molar-refractivity contribution < 1.29 is 0 Å². The molecule has 0 radical (unpaired) electrons. The maximum Gasteiger partial charge on any atom is 0.162 e. The molecule has 2 heterocycles. The Bertz CT molecular complexity index is 624. The maximum absolute atomic E-state index is 6.18. The van der Waals surface area contributed by atoms with Crippen molar-refractivity contribution in [2.75, 3.05) is 0 Å². The van der Waals surface area contributed by atoms with Gasteiger partial charge in [-0.25, -0.2) is 9.97 Å². The van der Waals surface area contributed by atoms with Crippen LogP contribution in [-0.2, 0) is 5.41 Å². The molecule has 0 aliphatic carbocycles. The number of hydrogen-bond donors (Lipinski definition) is 0. The molecule has 19 heavy (non-hydrogen) atoms. The second-order valence-corrected chi connectivity index (χ2v) is 7.21. The molecule has 0 aliphatic rings. The number of rotatable bonds is 1. The van der Waals surface area contributed by atoms with Crippen molar-refractivity contribution in [1.29, 1.82) is 0 Å². The van der Waals surface area contributed by atoms with E-state index in [1.807, 2.05) is 6.07 Å². The van der Waals surface area contributed by atoms with E-state index < -0.39 is 0 Å². The van der Waals surface area contributed by atoms with E-state index in [0.717, 1.165) is 20.2 Å². The molecule has 0 aromatic carbocycles. The van der Waals surface area contributed by atoms with E-state index in [2.05, 4.69) is 67.6 Å². The maximum atomic E-state index is 6.18. The lowest BCUT2D eigenvalue weighted by Gasteiger charge is -2.20. The molecular weight excluding hydrogens is 393 g/mol. The summed E-state index contributed by atoms with van der Waals surface area (Å²) in [5.74, 6) is 0.576. The number of pyridine rings is 1. The van der Waals surface area contributed by atoms with Crippen molar-refractivity contribution in [3.63, 3.8) is 0 Å². The highest BCUT2D eigenvalue weighted by Gasteiger charge is 2.23. The zero-order valence-electron chi connectivity index (χ0n) is 10.7. The average molecular weight is 406 g/mol. The van der Waals surface area contributed by atoms with Crippen molar-refractivity contribution in [1.82, 2.24) is 15.0 Å². The number of halogens is 3. The van der Waals surface area contributed by atoms with Gasteiger partial charge in [-0.05, 0) is 37.9 Å². The minimum atomic E-state index is -0.125. The Morgan fingerprint density at radius 1 is 1.11 bits per heavy atom. The van der Waals surface area contributed by atoms with Gasteiger partial charge < -0.3 is 0 Å². The third-order valence-corrected chi connectivity index (χ3v) is 4.17. The van der Waals surface area contributed by atoms with Crippen molar-refractivity contribution in [3.05, 3.63) is 38.3 Å². The summed E-state index contributed by atoms with van der Waals surface area (Å²) in [7, 11) is 0. The zero-order chi connectivity index (χ0) is 14.2. The first-order chi connectivity index (χ1) is 8.79. The van der Waals surface area contributed by atoms with E-state index in [1.165, 1.54) is 0 Å². The summed E-state index contributed by atoms with van der Waals surface area (Å²) in [5.41, 5.74) is 1.58. The van der Waals surface area contributed by atoms with Crippen LogP contribution in [0.1, 0.15) is 26.5 Å². The van der Waals surface area contributed by atoms with Crippen molar-refractivity contribution in [3.8, 4) is 11.4 Å². The van der Waals surface area contributed by atoms with Crippen molar-refractivity contribution in [2.24, 2.45) is 0 Å². The van der Waals surface area contributed by atoms with Crippen LogP contribution in [0.4, 0.5) is 0 Å². The van der Waals surface area contributed by atoms with Gasteiger partial charge in [-0.2, -0.15) is 0 Å². The third kappa shape index (κ3) is 3.33. The van der Waals surface area contributed by atoms with Gasteiger partial charge in [0.05, 0.1) is 10.2 Å². The Morgan fingerprint density at radius 2 is 1.79 bits per heavy atom. The second-order valence-electron chi connectivity index (χ2n) is 5.14. The van der Waals surface area contributed by atoms with Gasteiger partial charge in [0, 0.05) is 27.8 Å². The van der Waals surface area contributed by atoms with E-state index in [-0.39, 0.29) is 5.41 Å². The molecule has 0 amide bonds. The highest BCUT2D eigenvalue weighted by molar-refractivity contribution is 9.10. The number of aromatic nitrogens is 3. The molecule has 0 bridgehead atoms. The number of nitrogens with zero attached hydrogens (tertiary/aromatic N) is 3. The van der Waals surface area contributed by atoms with Crippen LogP contribution in [-0.4, -0.2) is 15.0 Å². The lowest BCUT2D eigenvalue weighted by atomic mass is 9.92. The Morgan fingerprint density at radius 3 is 2.37 bits per heavy atom. The van der Waals surface area contributed by atoms with Gasteiger partial charge in [0.15, 0.2) is 5.82 Å². The molecule has 0 spiro atoms. The van der Waals surface area contributed by atoms with E-state index in [9.17, 15) is 0 Å². The largest absolute Gasteiger partial charge is 0.263 e.